The first-order valence-corrected chi connectivity index (χ1v) is 9.76. The van der Waals surface area contributed by atoms with Crippen LogP contribution in [0.5, 0.6) is 0 Å². The van der Waals surface area contributed by atoms with Crippen molar-refractivity contribution in [2.45, 2.75) is 45.7 Å². The summed E-state index contributed by atoms with van der Waals surface area (Å²) in [5.41, 5.74) is 2.03. The van der Waals surface area contributed by atoms with E-state index >= 15 is 0 Å². The number of guanidine groups is 1. The minimum absolute atomic E-state index is 0. The van der Waals surface area contributed by atoms with Gasteiger partial charge in [0.2, 0.25) is 0 Å². The first-order chi connectivity index (χ1) is 13.2. The highest BCUT2D eigenvalue weighted by atomic mass is 127. The van der Waals surface area contributed by atoms with Crippen LogP contribution in [0.3, 0.4) is 0 Å². The molecule has 0 amide bonds. The summed E-state index contributed by atoms with van der Waals surface area (Å²) in [6, 6.07) is 3.98. The third-order valence-electron chi connectivity index (χ3n) is 5.16. The Bertz CT molecular complexity index is 706. The van der Waals surface area contributed by atoms with E-state index < -0.39 is 0 Å². The molecule has 2 aromatic rings. The van der Waals surface area contributed by atoms with Crippen molar-refractivity contribution in [3.05, 3.63) is 35.5 Å². The number of halogens is 1. The highest BCUT2D eigenvalue weighted by Crippen LogP contribution is 2.22. The van der Waals surface area contributed by atoms with Gasteiger partial charge in [0.1, 0.15) is 6.26 Å². The van der Waals surface area contributed by atoms with Crippen LogP contribution in [0.25, 0.3) is 0 Å². The fourth-order valence-electron chi connectivity index (χ4n) is 3.48. The van der Waals surface area contributed by atoms with Crippen LogP contribution in [-0.2, 0) is 13.1 Å². The van der Waals surface area contributed by atoms with Crippen LogP contribution in [0, 0.1) is 0 Å². The van der Waals surface area contributed by atoms with Gasteiger partial charge in [0.05, 0.1) is 17.9 Å². The molecule has 0 radical (unpaired) electrons. The molecular weight excluding hydrogens is 471 g/mol. The number of nitrogens with one attached hydrogen (secondary N) is 1. The predicted molar refractivity (Wildman–Crippen MR) is 119 cm³/mol. The van der Waals surface area contributed by atoms with E-state index in [0.29, 0.717) is 12.5 Å². The Hall–Kier alpha value is -1.62. The smallest absolute Gasteiger partial charge is 0.194 e. The molecule has 9 heteroatoms. The molecule has 28 heavy (non-hydrogen) atoms. The standard InChI is InChI=1S/C19H30N6O2.HI/c1-4-15(5-2)18-12-17(27-23-18)13-21-19(20-3)25-9-7-24(8-10-25)14-16-6-11-26-22-16;/h6,11-12,15H,4-5,7-10,13-14H2,1-3H3,(H,20,21);1H. The van der Waals surface area contributed by atoms with Crippen LogP contribution in [0.15, 0.2) is 32.4 Å². The molecule has 3 heterocycles. The van der Waals surface area contributed by atoms with Gasteiger partial charge in [-0.3, -0.25) is 9.89 Å². The highest BCUT2D eigenvalue weighted by molar-refractivity contribution is 14.0. The van der Waals surface area contributed by atoms with Crippen molar-refractivity contribution in [1.82, 2.24) is 25.4 Å². The maximum Gasteiger partial charge on any atom is 0.194 e. The predicted octanol–water partition coefficient (Wildman–Crippen LogP) is 3.08. The average molecular weight is 502 g/mol. The van der Waals surface area contributed by atoms with Gasteiger partial charge in [-0.25, -0.2) is 0 Å². The number of aliphatic imine (C=N–C) groups is 1. The van der Waals surface area contributed by atoms with E-state index in [9.17, 15) is 0 Å². The van der Waals surface area contributed by atoms with Crippen LogP contribution in [0.1, 0.15) is 49.8 Å². The number of hydrogen-bond donors (Lipinski definition) is 1. The van der Waals surface area contributed by atoms with E-state index in [1.807, 2.05) is 13.1 Å². The summed E-state index contributed by atoms with van der Waals surface area (Å²) in [5.74, 6) is 2.22. The molecule has 0 spiro atoms. The van der Waals surface area contributed by atoms with Crippen LogP contribution < -0.4 is 5.32 Å². The molecule has 3 rings (SSSR count). The lowest BCUT2D eigenvalue weighted by atomic mass is 9.99. The summed E-state index contributed by atoms with van der Waals surface area (Å²) in [6.07, 6.45) is 3.78. The summed E-state index contributed by atoms with van der Waals surface area (Å²) in [6.45, 7) is 9.57. The van der Waals surface area contributed by atoms with Gasteiger partial charge in [-0.1, -0.05) is 24.2 Å². The van der Waals surface area contributed by atoms with Crippen molar-refractivity contribution in [3.8, 4) is 0 Å². The Morgan fingerprint density at radius 2 is 1.96 bits per heavy atom. The van der Waals surface area contributed by atoms with Crippen LogP contribution >= 0.6 is 24.0 Å². The van der Waals surface area contributed by atoms with Crippen molar-refractivity contribution >= 4 is 29.9 Å². The van der Waals surface area contributed by atoms with Crippen LogP contribution in [0.2, 0.25) is 0 Å². The first kappa shape index (κ1) is 22.7. The van der Waals surface area contributed by atoms with E-state index in [1.165, 1.54) is 0 Å². The van der Waals surface area contributed by atoms with Crippen LogP contribution in [0.4, 0.5) is 0 Å². The average Bonchev–Trinajstić information content (AvgIpc) is 3.37. The SMILES string of the molecule is CCC(CC)c1cc(CNC(=NC)N2CCN(Cc3ccon3)CC2)on1.I. The largest absolute Gasteiger partial charge is 0.364 e. The molecule has 0 saturated carbocycles. The Morgan fingerprint density at radius 1 is 1.21 bits per heavy atom. The van der Waals surface area contributed by atoms with E-state index in [2.05, 4.69) is 50.3 Å². The van der Waals surface area contributed by atoms with Crippen molar-refractivity contribution in [2.24, 2.45) is 4.99 Å². The molecule has 0 atom stereocenters. The van der Waals surface area contributed by atoms with Crippen molar-refractivity contribution in [2.75, 3.05) is 33.2 Å². The molecule has 0 aromatic carbocycles. The van der Waals surface area contributed by atoms with Gasteiger partial charge in [-0.05, 0) is 12.8 Å². The normalized spacial score (nSPS) is 15.7. The number of piperazine rings is 1. The molecule has 1 aliphatic heterocycles. The molecule has 2 aromatic heterocycles. The minimum Gasteiger partial charge on any atom is -0.364 e. The van der Waals surface area contributed by atoms with Gasteiger partial charge in [-0.15, -0.1) is 24.0 Å². The molecule has 0 aliphatic carbocycles. The lowest BCUT2D eigenvalue weighted by molar-refractivity contribution is 0.168. The Morgan fingerprint density at radius 3 is 2.57 bits per heavy atom. The summed E-state index contributed by atoms with van der Waals surface area (Å²) >= 11 is 0. The highest BCUT2D eigenvalue weighted by Gasteiger charge is 2.21. The van der Waals surface area contributed by atoms with Gasteiger partial charge in [0, 0.05) is 57.8 Å². The summed E-state index contributed by atoms with van der Waals surface area (Å²) in [4.78, 5) is 9.08. The molecule has 1 N–H and O–H groups in total. The zero-order chi connectivity index (χ0) is 19.1. The van der Waals surface area contributed by atoms with Crippen molar-refractivity contribution < 1.29 is 9.05 Å². The Kier molecular flexibility index (Phi) is 9.23. The maximum absolute atomic E-state index is 5.50. The second kappa shape index (κ2) is 11.4. The summed E-state index contributed by atoms with van der Waals surface area (Å²) in [5, 5.41) is 11.6. The number of rotatable bonds is 7. The number of hydrogen-bond acceptors (Lipinski definition) is 6. The third-order valence-corrected chi connectivity index (χ3v) is 5.16. The second-order valence-corrected chi connectivity index (χ2v) is 6.89. The van der Waals surface area contributed by atoms with E-state index in [-0.39, 0.29) is 24.0 Å². The number of nitrogens with zero attached hydrogens (tertiary/aromatic N) is 5. The van der Waals surface area contributed by atoms with E-state index in [0.717, 1.165) is 68.7 Å². The van der Waals surface area contributed by atoms with Gasteiger partial charge in [-0.2, -0.15) is 0 Å². The summed E-state index contributed by atoms with van der Waals surface area (Å²) in [7, 11) is 1.82. The molecular formula is C19H31IN6O2. The van der Waals surface area contributed by atoms with Crippen molar-refractivity contribution in [1.29, 1.82) is 0 Å². The molecule has 1 saturated heterocycles. The van der Waals surface area contributed by atoms with Gasteiger partial charge in [0.25, 0.3) is 0 Å². The third kappa shape index (κ3) is 5.94. The second-order valence-electron chi connectivity index (χ2n) is 6.89. The lowest BCUT2D eigenvalue weighted by Gasteiger charge is -2.36. The molecule has 1 aliphatic rings. The lowest BCUT2D eigenvalue weighted by Crippen LogP contribution is -2.52. The van der Waals surface area contributed by atoms with E-state index in [4.69, 9.17) is 9.05 Å². The summed E-state index contributed by atoms with van der Waals surface area (Å²) < 4.78 is 10.4. The van der Waals surface area contributed by atoms with Gasteiger partial charge < -0.3 is 19.3 Å². The van der Waals surface area contributed by atoms with Crippen molar-refractivity contribution in [3.63, 3.8) is 0 Å². The molecule has 8 nitrogen and oxygen atoms in total. The quantitative estimate of drug-likeness (QED) is 0.354. The molecule has 156 valence electrons. The molecule has 0 unspecified atom stereocenters. The fourth-order valence-corrected chi connectivity index (χ4v) is 3.48. The monoisotopic (exact) mass is 502 g/mol. The Balaban J connectivity index is 0.00000280. The van der Waals surface area contributed by atoms with Crippen LogP contribution in [-0.4, -0.2) is 59.3 Å². The zero-order valence-electron chi connectivity index (χ0n) is 16.9. The molecule has 0 bridgehead atoms. The minimum atomic E-state index is 0. The fraction of sp³-hybridized carbons (Fsp3) is 0.632. The van der Waals surface area contributed by atoms with Gasteiger partial charge in [0.15, 0.2) is 11.7 Å². The molecule has 1 fully saturated rings. The van der Waals surface area contributed by atoms with E-state index in [1.54, 1.807) is 6.26 Å². The topological polar surface area (TPSA) is 82.9 Å². The maximum atomic E-state index is 5.50. The number of aromatic nitrogens is 2. The van der Waals surface area contributed by atoms with Gasteiger partial charge >= 0.3 is 0 Å². The first-order valence-electron chi connectivity index (χ1n) is 9.76. The zero-order valence-corrected chi connectivity index (χ0v) is 19.3. The Labute approximate surface area is 183 Å².